The Balaban J connectivity index is 2.48. The van der Waals surface area contributed by atoms with Gasteiger partial charge in [-0.05, 0) is 5.56 Å². The van der Waals surface area contributed by atoms with Gasteiger partial charge in [-0.25, -0.2) is 4.79 Å². The number of benzene rings is 1. The maximum atomic E-state index is 11.4. The van der Waals surface area contributed by atoms with Crippen LogP contribution in [0, 0.1) is 0 Å². The monoisotopic (exact) mass is 253 g/mol. The van der Waals surface area contributed by atoms with E-state index in [1.165, 1.54) is 0 Å². The number of carbonyl (C=O) groups excluding carboxylic acids is 2. The van der Waals surface area contributed by atoms with Gasteiger partial charge in [0, 0.05) is 6.54 Å². The van der Waals surface area contributed by atoms with Gasteiger partial charge in [0.05, 0.1) is 7.11 Å². The van der Waals surface area contributed by atoms with Gasteiger partial charge in [0.2, 0.25) is 0 Å². The normalized spacial score (nSPS) is 13.5. The molecule has 0 aliphatic rings. The number of aliphatic hydroxyl groups excluding tert-OH is 2. The first-order valence-corrected chi connectivity index (χ1v) is 5.32. The molecule has 6 heteroatoms. The van der Waals surface area contributed by atoms with Gasteiger partial charge < -0.3 is 20.3 Å². The van der Waals surface area contributed by atoms with Crippen molar-refractivity contribution < 1.29 is 24.5 Å². The summed E-state index contributed by atoms with van der Waals surface area (Å²) in [4.78, 5) is 22.4. The molecular formula is C12H15NO5. The molecule has 1 aromatic carbocycles. The van der Waals surface area contributed by atoms with Crippen LogP contribution >= 0.6 is 0 Å². The van der Waals surface area contributed by atoms with E-state index in [9.17, 15) is 19.8 Å². The van der Waals surface area contributed by atoms with Crippen LogP contribution in [-0.4, -0.2) is 41.4 Å². The number of carbonyl (C=O) groups is 2. The number of ether oxygens (including phenoxy) is 1. The first kappa shape index (κ1) is 14.1. The SMILES string of the molecule is COC(=O)[C@H](O)[C@@H](O)C(=O)NCc1ccccc1. The highest BCUT2D eigenvalue weighted by molar-refractivity contribution is 5.88. The molecule has 0 fully saturated rings. The van der Waals surface area contributed by atoms with Crippen molar-refractivity contribution >= 4 is 11.9 Å². The Morgan fingerprint density at radius 2 is 1.83 bits per heavy atom. The zero-order chi connectivity index (χ0) is 13.5. The number of amides is 1. The molecule has 0 radical (unpaired) electrons. The van der Waals surface area contributed by atoms with Crippen LogP contribution in [0.4, 0.5) is 0 Å². The quantitative estimate of drug-likeness (QED) is 0.597. The van der Waals surface area contributed by atoms with E-state index in [0.29, 0.717) is 0 Å². The minimum Gasteiger partial charge on any atom is -0.467 e. The van der Waals surface area contributed by atoms with E-state index in [2.05, 4.69) is 10.1 Å². The van der Waals surface area contributed by atoms with Crippen molar-refractivity contribution in [3.63, 3.8) is 0 Å². The summed E-state index contributed by atoms with van der Waals surface area (Å²) >= 11 is 0. The molecular weight excluding hydrogens is 238 g/mol. The third kappa shape index (κ3) is 3.83. The zero-order valence-electron chi connectivity index (χ0n) is 9.87. The van der Waals surface area contributed by atoms with Crippen LogP contribution in [0.1, 0.15) is 5.56 Å². The molecule has 0 aromatic heterocycles. The van der Waals surface area contributed by atoms with E-state index in [0.717, 1.165) is 12.7 Å². The highest BCUT2D eigenvalue weighted by Crippen LogP contribution is 2.00. The molecule has 0 saturated carbocycles. The standard InChI is InChI=1S/C12H15NO5/c1-18-12(17)10(15)9(14)11(16)13-7-8-5-3-2-4-6-8/h2-6,9-10,14-15H,7H2,1H3,(H,13,16)/t9-,10-/m1/s1. The van der Waals surface area contributed by atoms with Gasteiger partial charge in [0.25, 0.3) is 5.91 Å². The average Bonchev–Trinajstić information content (AvgIpc) is 2.43. The molecule has 3 N–H and O–H groups in total. The lowest BCUT2D eigenvalue weighted by Crippen LogP contribution is -2.45. The van der Waals surface area contributed by atoms with Gasteiger partial charge in [-0.2, -0.15) is 0 Å². The summed E-state index contributed by atoms with van der Waals surface area (Å²) in [5.41, 5.74) is 0.839. The fourth-order valence-corrected chi connectivity index (χ4v) is 1.28. The predicted molar refractivity (Wildman–Crippen MR) is 62.3 cm³/mol. The van der Waals surface area contributed by atoms with E-state index >= 15 is 0 Å². The van der Waals surface area contributed by atoms with Crippen LogP contribution in [0.5, 0.6) is 0 Å². The average molecular weight is 253 g/mol. The second kappa shape index (κ2) is 6.73. The van der Waals surface area contributed by atoms with E-state index in [1.54, 1.807) is 24.3 Å². The molecule has 1 aromatic rings. The van der Waals surface area contributed by atoms with Crippen LogP contribution in [0.25, 0.3) is 0 Å². The molecule has 18 heavy (non-hydrogen) atoms. The number of hydrogen-bond donors (Lipinski definition) is 3. The number of aliphatic hydroxyl groups is 2. The highest BCUT2D eigenvalue weighted by Gasteiger charge is 2.30. The van der Waals surface area contributed by atoms with Crippen molar-refractivity contribution in [2.45, 2.75) is 18.8 Å². The van der Waals surface area contributed by atoms with Crippen molar-refractivity contribution in [2.75, 3.05) is 7.11 Å². The number of rotatable bonds is 5. The Morgan fingerprint density at radius 3 is 2.39 bits per heavy atom. The van der Waals surface area contributed by atoms with Crippen LogP contribution in [-0.2, 0) is 20.9 Å². The lowest BCUT2D eigenvalue weighted by Gasteiger charge is -2.15. The van der Waals surface area contributed by atoms with E-state index in [-0.39, 0.29) is 6.54 Å². The van der Waals surface area contributed by atoms with Crippen LogP contribution in [0.3, 0.4) is 0 Å². The summed E-state index contributed by atoms with van der Waals surface area (Å²) in [6.45, 7) is 0.199. The summed E-state index contributed by atoms with van der Waals surface area (Å²) in [6, 6.07) is 9.04. The minimum atomic E-state index is -1.88. The second-order valence-electron chi connectivity index (χ2n) is 3.62. The Kier molecular flexibility index (Phi) is 5.29. The maximum Gasteiger partial charge on any atom is 0.338 e. The Hall–Kier alpha value is -1.92. The van der Waals surface area contributed by atoms with Gasteiger partial charge >= 0.3 is 5.97 Å². The van der Waals surface area contributed by atoms with Crippen LogP contribution < -0.4 is 5.32 Å². The lowest BCUT2D eigenvalue weighted by atomic mass is 10.2. The minimum absolute atomic E-state index is 0.199. The number of hydrogen-bond acceptors (Lipinski definition) is 5. The molecule has 0 aliphatic carbocycles. The first-order valence-electron chi connectivity index (χ1n) is 5.32. The number of methoxy groups -OCH3 is 1. The molecule has 98 valence electrons. The van der Waals surface area contributed by atoms with Gasteiger partial charge in [-0.1, -0.05) is 30.3 Å². The fraction of sp³-hybridized carbons (Fsp3) is 0.333. The summed E-state index contributed by atoms with van der Waals surface area (Å²) in [5.74, 6) is -1.89. The van der Waals surface area contributed by atoms with Crippen molar-refractivity contribution in [1.82, 2.24) is 5.32 Å². The van der Waals surface area contributed by atoms with Crippen molar-refractivity contribution in [1.29, 1.82) is 0 Å². The van der Waals surface area contributed by atoms with Gasteiger partial charge in [0.1, 0.15) is 0 Å². The second-order valence-corrected chi connectivity index (χ2v) is 3.62. The summed E-state index contributed by atoms with van der Waals surface area (Å²) < 4.78 is 4.22. The Labute approximate surface area is 104 Å². The number of nitrogens with one attached hydrogen (secondary N) is 1. The molecule has 0 heterocycles. The molecule has 0 saturated heterocycles. The molecule has 1 rings (SSSR count). The van der Waals surface area contributed by atoms with Crippen molar-refractivity contribution in [2.24, 2.45) is 0 Å². The van der Waals surface area contributed by atoms with E-state index in [4.69, 9.17) is 0 Å². The van der Waals surface area contributed by atoms with E-state index in [1.807, 2.05) is 6.07 Å². The van der Waals surface area contributed by atoms with E-state index < -0.39 is 24.1 Å². The van der Waals surface area contributed by atoms with Gasteiger partial charge in [-0.15, -0.1) is 0 Å². The third-order valence-electron chi connectivity index (χ3n) is 2.32. The number of esters is 1. The molecule has 1 amide bonds. The highest BCUT2D eigenvalue weighted by atomic mass is 16.5. The summed E-state index contributed by atoms with van der Waals surface area (Å²) in [5, 5.41) is 21.1. The zero-order valence-corrected chi connectivity index (χ0v) is 9.87. The Morgan fingerprint density at radius 1 is 1.22 bits per heavy atom. The topological polar surface area (TPSA) is 95.9 Å². The molecule has 0 aliphatic heterocycles. The van der Waals surface area contributed by atoms with Crippen molar-refractivity contribution in [3.05, 3.63) is 35.9 Å². The van der Waals surface area contributed by atoms with Gasteiger partial charge in [0.15, 0.2) is 12.2 Å². The summed E-state index contributed by atoms with van der Waals surface area (Å²) in [7, 11) is 1.06. The lowest BCUT2D eigenvalue weighted by molar-refractivity contribution is -0.161. The predicted octanol–water partition coefficient (Wildman–Crippen LogP) is -0.802. The van der Waals surface area contributed by atoms with Crippen LogP contribution in [0.2, 0.25) is 0 Å². The summed E-state index contributed by atoms with van der Waals surface area (Å²) in [6.07, 6.45) is -3.73. The first-order chi connectivity index (χ1) is 8.56. The van der Waals surface area contributed by atoms with Crippen molar-refractivity contribution in [3.8, 4) is 0 Å². The molecule has 6 nitrogen and oxygen atoms in total. The fourth-order valence-electron chi connectivity index (χ4n) is 1.28. The maximum absolute atomic E-state index is 11.4. The van der Waals surface area contributed by atoms with Crippen LogP contribution in [0.15, 0.2) is 30.3 Å². The molecule has 0 unspecified atom stereocenters. The largest absolute Gasteiger partial charge is 0.467 e. The molecule has 2 atom stereocenters. The smallest absolute Gasteiger partial charge is 0.338 e. The third-order valence-corrected chi connectivity index (χ3v) is 2.32. The molecule has 0 bridgehead atoms. The molecule has 0 spiro atoms. The van der Waals surface area contributed by atoms with Gasteiger partial charge in [-0.3, -0.25) is 4.79 Å². The Bertz CT molecular complexity index is 406.